The van der Waals surface area contributed by atoms with Crippen LogP contribution in [0, 0.1) is 11.3 Å². The van der Waals surface area contributed by atoms with Crippen molar-refractivity contribution >= 4 is 34.2 Å². The number of aromatic amines is 1. The van der Waals surface area contributed by atoms with E-state index in [1.54, 1.807) is 6.07 Å². The van der Waals surface area contributed by atoms with Gasteiger partial charge >= 0.3 is 0 Å². The molecule has 3 rings (SSSR count). The first-order chi connectivity index (χ1) is 10.8. The Bertz CT molecular complexity index is 802. The minimum Gasteiger partial charge on any atom is -0.276 e. The lowest BCUT2D eigenvalue weighted by Crippen LogP contribution is -2.08. The fraction of sp³-hybridized carbons (Fsp3) is 0.0714. The summed E-state index contributed by atoms with van der Waals surface area (Å²) in [4.78, 5) is 14.8. The van der Waals surface area contributed by atoms with E-state index >= 15 is 0 Å². The number of anilines is 1. The quantitative estimate of drug-likeness (QED) is 0.664. The fourth-order valence-corrected chi connectivity index (χ4v) is 2.53. The lowest BCUT2D eigenvalue weighted by atomic mass is 10.2. The van der Waals surface area contributed by atoms with Crippen molar-refractivity contribution in [2.24, 2.45) is 10.1 Å². The van der Waals surface area contributed by atoms with E-state index in [-0.39, 0.29) is 17.4 Å². The zero-order valence-corrected chi connectivity index (χ0v) is 12.1. The molecule has 108 valence electrons. The first-order valence-electron chi connectivity index (χ1n) is 6.35. The Labute approximate surface area is 130 Å². The van der Waals surface area contributed by atoms with Crippen LogP contribution in [0.3, 0.4) is 0 Å². The van der Waals surface area contributed by atoms with Gasteiger partial charge in [0.1, 0.15) is 11.1 Å². The molecule has 0 radical (unpaired) electrons. The second kappa shape index (κ2) is 6.24. The maximum Gasteiger partial charge on any atom is 0.257 e. The molecule has 2 N–H and O–H groups in total. The van der Waals surface area contributed by atoms with Crippen molar-refractivity contribution in [1.29, 1.82) is 5.26 Å². The highest BCUT2D eigenvalue weighted by molar-refractivity contribution is 8.16. The van der Waals surface area contributed by atoms with Gasteiger partial charge in [0.2, 0.25) is 0 Å². The van der Waals surface area contributed by atoms with Crippen molar-refractivity contribution in [2.75, 3.05) is 11.2 Å². The summed E-state index contributed by atoms with van der Waals surface area (Å²) in [7, 11) is 0. The number of benzene rings is 1. The Kier molecular flexibility index (Phi) is 3.98. The summed E-state index contributed by atoms with van der Waals surface area (Å²) in [5.41, 5.74) is 4.59. The monoisotopic (exact) mass is 310 g/mol. The number of H-pyrrole nitrogens is 1. The minimum atomic E-state index is -0.255. The summed E-state index contributed by atoms with van der Waals surface area (Å²) >= 11 is 1.20. The van der Waals surface area contributed by atoms with Gasteiger partial charge in [-0.3, -0.25) is 15.3 Å². The van der Waals surface area contributed by atoms with E-state index in [1.807, 2.05) is 36.4 Å². The first-order valence-corrected chi connectivity index (χ1v) is 7.34. The van der Waals surface area contributed by atoms with Crippen LogP contribution in [0.4, 0.5) is 5.82 Å². The Morgan fingerprint density at radius 3 is 2.91 bits per heavy atom. The van der Waals surface area contributed by atoms with Crippen LogP contribution in [0.5, 0.6) is 0 Å². The van der Waals surface area contributed by atoms with Gasteiger partial charge in [-0.2, -0.15) is 15.5 Å². The molecule has 0 bridgehead atoms. The van der Waals surface area contributed by atoms with Crippen LogP contribution in [-0.4, -0.2) is 32.6 Å². The summed E-state index contributed by atoms with van der Waals surface area (Å²) in [6.07, 6.45) is 0. The molecule has 0 atom stereocenters. The average molecular weight is 310 g/mol. The van der Waals surface area contributed by atoms with Gasteiger partial charge in [-0.25, -0.2) is 4.99 Å². The van der Waals surface area contributed by atoms with E-state index in [2.05, 4.69) is 25.7 Å². The van der Waals surface area contributed by atoms with Crippen molar-refractivity contribution in [3.05, 3.63) is 36.4 Å². The largest absolute Gasteiger partial charge is 0.276 e. The van der Waals surface area contributed by atoms with Gasteiger partial charge in [0, 0.05) is 6.07 Å². The molecule has 2 heterocycles. The Balaban J connectivity index is 1.75. The Hall–Kier alpha value is -2.92. The number of thioether (sulfide) groups is 1. The summed E-state index contributed by atoms with van der Waals surface area (Å²) in [6.45, 7) is 0. The number of carbonyl (C=O) groups excluding carboxylic acids is 1. The standard InChI is InChI=1S/C14H10N6OS/c15-7-11(14-16-13(21)8-22-14)18-20-12-6-10(17-19-12)9-4-2-1-3-5-9/h1-6H,8H2,(H2,17,19,20). The number of nitrogens with one attached hydrogen (secondary N) is 2. The number of aromatic nitrogens is 2. The molecule has 1 aromatic heterocycles. The number of nitrogens with zero attached hydrogens (tertiary/aromatic N) is 4. The zero-order chi connectivity index (χ0) is 15.4. The lowest BCUT2D eigenvalue weighted by Gasteiger charge is -1.96. The van der Waals surface area contributed by atoms with Crippen LogP contribution in [0.1, 0.15) is 0 Å². The van der Waals surface area contributed by atoms with Gasteiger partial charge in [-0.05, 0) is 5.56 Å². The van der Waals surface area contributed by atoms with Gasteiger partial charge in [0.05, 0.1) is 11.4 Å². The molecule has 0 saturated heterocycles. The number of carbonyl (C=O) groups is 1. The molecule has 2 aromatic rings. The highest BCUT2D eigenvalue weighted by Crippen LogP contribution is 2.19. The van der Waals surface area contributed by atoms with E-state index in [0.717, 1.165) is 11.3 Å². The fourth-order valence-electron chi connectivity index (χ4n) is 1.81. The Morgan fingerprint density at radius 1 is 1.41 bits per heavy atom. The third-order valence-corrected chi connectivity index (χ3v) is 3.76. The second-order valence-electron chi connectivity index (χ2n) is 4.32. The Morgan fingerprint density at radius 2 is 2.23 bits per heavy atom. The van der Waals surface area contributed by atoms with E-state index in [4.69, 9.17) is 5.26 Å². The van der Waals surface area contributed by atoms with E-state index in [0.29, 0.717) is 10.9 Å². The van der Waals surface area contributed by atoms with Gasteiger partial charge in [-0.15, -0.1) is 0 Å². The van der Waals surface area contributed by atoms with Crippen LogP contribution in [0.15, 0.2) is 46.5 Å². The highest BCUT2D eigenvalue weighted by Gasteiger charge is 2.19. The molecule has 7 nitrogen and oxygen atoms in total. The van der Waals surface area contributed by atoms with Crippen molar-refractivity contribution in [3.63, 3.8) is 0 Å². The maximum absolute atomic E-state index is 11.1. The third-order valence-electron chi connectivity index (χ3n) is 2.81. The summed E-state index contributed by atoms with van der Waals surface area (Å²) < 4.78 is 0. The van der Waals surface area contributed by atoms with Crippen LogP contribution in [-0.2, 0) is 4.79 Å². The number of hydrogen-bond donors (Lipinski definition) is 2. The van der Waals surface area contributed by atoms with Crippen molar-refractivity contribution in [1.82, 2.24) is 10.2 Å². The van der Waals surface area contributed by atoms with E-state index in [9.17, 15) is 4.79 Å². The molecule has 0 aliphatic carbocycles. The molecule has 1 aromatic carbocycles. The molecule has 1 aliphatic rings. The maximum atomic E-state index is 11.1. The molecule has 0 spiro atoms. The first kappa shape index (κ1) is 14.0. The molecule has 22 heavy (non-hydrogen) atoms. The SMILES string of the molecule is N#CC(=NNc1cc(-c2ccccc2)[nH]n1)C1=NC(=O)CS1. The van der Waals surface area contributed by atoms with Gasteiger partial charge < -0.3 is 0 Å². The van der Waals surface area contributed by atoms with Gasteiger partial charge in [0.15, 0.2) is 11.5 Å². The van der Waals surface area contributed by atoms with Crippen molar-refractivity contribution in [3.8, 4) is 17.3 Å². The van der Waals surface area contributed by atoms with Gasteiger partial charge in [0.25, 0.3) is 5.91 Å². The minimum absolute atomic E-state index is 0.0695. The number of rotatable bonds is 4. The molecule has 8 heteroatoms. The predicted molar refractivity (Wildman–Crippen MR) is 85.6 cm³/mol. The zero-order valence-electron chi connectivity index (χ0n) is 11.3. The molecule has 0 fully saturated rings. The topological polar surface area (TPSA) is 106 Å². The number of aliphatic imine (C=N–C) groups is 1. The molecule has 0 saturated carbocycles. The van der Waals surface area contributed by atoms with Crippen LogP contribution in [0.2, 0.25) is 0 Å². The lowest BCUT2D eigenvalue weighted by molar-refractivity contribution is -0.115. The number of nitriles is 1. The van der Waals surface area contributed by atoms with Crippen LogP contribution < -0.4 is 5.43 Å². The van der Waals surface area contributed by atoms with Crippen molar-refractivity contribution < 1.29 is 4.79 Å². The van der Waals surface area contributed by atoms with Crippen molar-refractivity contribution in [2.45, 2.75) is 0 Å². The molecule has 1 aliphatic heterocycles. The molecular weight excluding hydrogens is 300 g/mol. The highest BCUT2D eigenvalue weighted by atomic mass is 32.2. The number of hydrogen-bond acceptors (Lipinski definition) is 6. The second-order valence-corrected chi connectivity index (χ2v) is 5.28. The summed E-state index contributed by atoms with van der Waals surface area (Å²) in [5, 5.41) is 20.3. The predicted octanol–water partition coefficient (Wildman–Crippen LogP) is 2.04. The van der Waals surface area contributed by atoms with E-state index < -0.39 is 0 Å². The molecular formula is C14H10N6OS. The van der Waals surface area contributed by atoms with Crippen LogP contribution >= 0.6 is 11.8 Å². The normalized spacial score (nSPS) is 14.6. The number of hydrazone groups is 1. The van der Waals surface area contributed by atoms with Crippen LogP contribution in [0.25, 0.3) is 11.3 Å². The summed E-state index contributed by atoms with van der Waals surface area (Å²) in [6, 6.07) is 13.4. The third kappa shape index (κ3) is 3.05. The van der Waals surface area contributed by atoms with E-state index in [1.165, 1.54) is 11.8 Å². The molecule has 0 unspecified atom stereocenters. The molecule has 1 amide bonds. The van der Waals surface area contributed by atoms with Gasteiger partial charge in [-0.1, -0.05) is 42.1 Å². The summed E-state index contributed by atoms with van der Waals surface area (Å²) in [5.74, 6) is 0.465. The number of amides is 1. The smallest absolute Gasteiger partial charge is 0.257 e. The average Bonchev–Trinajstić information content (AvgIpc) is 3.18.